The minimum absolute atomic E-state index is 0.0108. The van der Waals surface area contributed by atoms with Crippen LogP contribution in [0.2, 0.25) is 0 Å². The van der Waals surface area contributed by atoms with Gasteiger partial charge in [-0.25, -0.2) is 0 Å². The summed E-state index contributed by atoms with van der Waals surface area (Å²) in [6.07, 6.45) is 8.24. The SMILES string of the molecule is CCC1CC(CC)C2C3CC(CC3C(=O)OC3CCCC3O)C12. The second-order valence-corrected chi connectivity index (χ2v) is 8.70. The van der Waals surface area contributed by atoms with Crippen LogP contribution < -0.4 is 0 Å². The van der Waals surface area contributed by atoms with Crippen molar-refractivity contribution in [3.63, 3.8) is 0 Å². The Bertz CT molecular complexity index is 462. The van der Waals surface area contributed by atoms with Gasteiger partial charge in [0.05, 0.1) is 12.0 Å². The molecular weight excluding hydrogens is 288 g/mol. The molecule has 3 heteroatoms. The van der Waals surface area contributed by atoms with Gasteiger partial charge in [-0.1, -0.05) is 26.7 Å². The first-order chi connectivity index (χ1) is 11.1. The molecule has 1 N–H and O–H groups in total. The molecule has 0 radical (unpaired) electrons. The minimum atomic E-state index is -0.426. The lowest BCUT2D eigenvalue weighted by atomic mass is 9.70. The summed E-state index contributed by atoms with van der Waals surface area (Å²) in [5.41, 5.74) is 0. The maximum atomic E-state index is 12.7. The van der Waals surface area contributed by atoms with Gasteiger partial charge in [0.2, 0.25) is 0 Å². The highest BCUT2D eigenvalue weighted by atomic mass is 16.6. The zero-order valence-electron chi connectivity index (χ0n) is 14.6. The number of aliphatic hydroxyl groups excluding tert-OH is 1. The fraction of sp³-hybridized carbons (Fsp3) is 0.950. The van der Waals surface area contributed by atoms with Gasteiger partial charge in [0, 0.05) is 0 Å². The molecule has 4 saturated carbocycles. The van der Waals surface area contributed by atoms with E-state index in [1.54, 1.807) is 0 Å². The first-order valence-electron chi connectivity index (χ1n) is 10.0. The number of hydrogen-bond acceptors (Lipinski definition) is 3. The van der Waals surface area contributed by atoms with Crippen LogP contribution in [0.4, 0.5) is 0 Å². The predicted molar refractivity (Wildman–Crippen MR) is 88.6 cm³/mol. The normalized spacial score (nSPS) is 51.2. The van der Waals surface area contributed by atoms with Crippen molar-refractivity contribution in [3.8, 4) is 0 Å². The number of aliphatic hydroxyl groups is 1. The third-order valence-electron chi connectivity index (χ3n) is 7.86. The molecule has 130 valence electrons. The average molecular weight is 320 g/mol. The second kappa shape index (κ2) is 6.06. The lowest BCUT2D eigenvalue weighted by Gasteiger charge is -2.35. The summed E-state index contributed by atoms with van der Waals surface area (Å²) in [6, 6.07) is 0. The molecule has 0 aromatic carbocycles. The molecule has 9 atom stereocenters. The Morgan fingerprint density at radius 1 is 1.04 bits per heavy atom. The molecule has 0 spiro atoms. The fourth-order valence-corrected chi connectivity index (χ4v) is 6.95. The lowest BCUT2D eigenvalue weighted by Crippen LogP contribution is -2.37. The molecule has 0 amide bonds. The topological polar surface area (TPSA) is 46.5 Å². The molecule has 4 fully saturated rings. The van der Waals surface area contributed by atoms with Crippen molar-refractivity contribution in [2.24, 2.45) is 41.4 Å². The zero-order valence-corrected chi connectivity index (χ0v) is 14.6. The molecule has 0 aliphatic heterocycles. The minimum Gasteiger partial charge on any atom is -0.459 e. The van der Waals surface area contributed by atoms with Crippen LogP contribution in [0.3, 0.4) is 0 Å². The molecule has 0 saturated heterocycles. The number of ether oxygens (including phenoxy) is 1. The van der Waals surface area contributed by atoms with Crippen LogP contribution in [-0.2, 0) is 9.53 Å². The van der Waals surface area contributed by atoms with E-state index in [1.807, 2.05) is 0 Å². The largest absolute Gasteiger partial charge is 0.459 e. The fourth-order valence-electron chi connectivity index (χ4n) is 6.95. The van der Waals surface area contributed by atoms with E-state index >= 15 is 0 Å². The van der Waals surface area contributed by atoms with E-state index in [4.69, 9.17) is 4.74 Å². The maximum Gasteiger partial charge on any atom is 0.309 e. The van der Waals surface area contributed by atoms with Crippen molar-refractivity contribution in [1.82, 2.24) is 0 Å². The number of hydrogen-bond donors (Lipinski definition) is 1. The van der Waals surface area contributed by atoms with E-state index < -0.39 is 6.10 Å². The van der Waals surface area contributed by atoms with Crippen LogP contribution in [0.15, 0.2) is 0 Å². The van der Waals surface area contributed by atoms with Crippen molar-refractivity contribution < 1.29 is 14.6 Å². The summed E-state index contributed by atoms with van der Waals surface area (Å²) in [4.78, 5) is 12.7. The number of carbonyl (C=O) groups excluding carboxylic acids is 1. The van der Waals surface area contributed by atoms with Gasteiger partial charge < -0.3 is 9.84 Å². The summed E-state index contributed by atoms with van der Waals surface area (Å²) in [5.74, 6) is 4.84. The van der Waals surface area contributed by atoms with E-state index in [0.29, 0.717) is 5.92 Å². The van der Waals surface area contributed by atoms with E-state index in [2.05, 4.69) is 13.8 Å². The van der Waals surface area contributed by atoms with Gasteiger partial charge >= 0.3 is 5.97 Å². The van der Waals surface area contributed by atoms with Crippen LogP contribution in [0, 0.1) is 41.4 Å². The van der Waals surface area contributed by atoms with Crippen molar-refractivity contribution >= 4 is 5.97 Å². The van der Waals surface area contributed by atoms with Crippen LogP contribution in [-0.4, -0.2) is 23.3 Å². The summed E-state index contributed by atoms with van der Waals surface area (Å²) in [6.45, 7) is 4.67. The molecule has 23 heavy (non-hydrogen) atoms. The molecule has 0 aromatic heterocycles. The Hall–Kier alpha value is -0.570. The number of fused-ring (bicyclic) bond motifs is 5. The van der Waals surface area contributed by atoms with Gasteiger partial charge in [0.1, 0.15) is 6.10 Å². The summed E-state index contributed by atoms with van der Waals surface area (Å²) in [7, 11) is 0. The van der Waals surface area contributed by atoms with Gasteiger partial charge in [-0.15, -0.1) is 0 Å². The average Bonchev–Trinajstić information content (AvgIpc) is 3.28. The van der Waals surface area contributed by atoms with Gasteiger partial charge in [0.25, 0.3) is 0 Å². The molecule has 9 unspecified atom stereocenters. The summed E-state index contributed by atoms with van der Waals surface area (Å²) < 4.78 is 5.74. The zero-order chi connectivity index (χ0) is 16.1. The van der Waals surface area contributed by atoms with Crippen LogP contribution in [0.25, 0.3) is 0 Å². The third kappa shape index (κ3) is 2.45. The highest BCUT2D eigenvalue weighted by Crippen LogP contribution is 2.65. The summed E-state index contributed by atoms with van der Waals surface area (Å²) >= 11 is 0. The number of carbonyl (C=O) groups is 1. The first kappa shape index (κ1) is 15.9. The highest BCUT2D eigenvalue weighted by Gasteiger charge is 2.61. The number of esters is 1. The second-order valence-electron chi connectivity index (χ2n) is 8.70. The molecule has 2 bridgehead atoms. The van der Waals surface area contributed by atoms with Crippen molar-refractivity contribution in [3.05, 3.63) is 0 Å². The molecule has 4 aliphatic rings. The van der Waals surface area contributed by atoms with Crippen molar-refractivity contribution in [2.75, 3.05) is 0 Å². The Kier molecular flexibility index (Phi) is 4.19. The molecule has 3 nitrogen and oxygen atoms in total. The highest BCUT2D eigenvalue weighted by molar-refractivity contribution is 5.74. The molecular formula is C20H32O3. The Morgan fingerprint density at radius 2 is 1.78 bits per heavy atom. The first-order valence-corrected chi connectivity index (χ1v) is 10.0. The Morgan fingerprint density at radius 3 is 2.43 bits per heavy atom. The standard InChI is InChI=1S/C20H32O3/c1-3-11-8-12(4-2)19-14-9-13(18(11)19)10-15(14)20(22)23-17-7-5-6-16(17)21/h11-19,21H,3-10H2,1-2H3. The van der Waals surface area contributed by atoms with E-state index in [9.17, 15) is 9.90 Å². The van der Waals surface area contributed by atoms with Gasteiger partial charge in [-0.05, 0) is 74.0 Å². The van der Waals surface area contributed by atoms with E-state index in [0.717, 1.165) is 55.3 Å². The van der Waals surface area contributed by atoms with Gasteiger partial charge in [-0.2, -0.15) is 0 Å². The van der Waals surface area contributed by atoms with Crippen LogP contribution in [0.5, 0.6) is 0 Å². The predicted octanol–water partition coefficient (Wildman–Crippen LogP) is 3.79. The van der Waals surface area contributed by atoms with Crippen LogP contribution in [0.1, 0.15) is 65.2 Å². The van der Waals surface area contributed by atoms with E-state index in [-0.39, 0.29) is 18.0 Å². The monoisotopic (exact) mass is 320 g/mol. The van der Waals surface area contributed by atoms with Crippen LogP contribution >= 0.6 is 0 Å². The lowest BCUT2D eigenvalue weighted by molar-refractivity contribution is -0.161. The Balaban J connectivity index is 1.46. The Labute approximate surface area is 140 Å². The van der Waals surface area contributed by atoms with E-state index in [1.165, 1.54) is 25.7 Å². The smallest absolute Gasteiger partial charge is 0.309 e. The molecule has 0 heterocycles. The molecule has 0 aromatic rings. The third-order valence-corrected chi connectivity index (χ3v) is 7.86. The quantitative estimate of drug-likeness (QED) is 0.802. The maximum absolute atomic E-state index is 12.7. The summed E-state index contributed by atoms with van der Waals surface area (Å²) in [5, 5.41) is 9.93. The molecule has 4 rings (SSSR count). The number of rotatable bonds is 4. The molecule has 4 aliphatic carbocycles. The van der Waals surface area contributed by atoms with Crippen molar-refractivity contribution in [2.45, 2.75) is 77.4 Å². The van der Waals surface area contributed by atoms with Gasteiger partial charge in [0.15, 0.2) is 0 Å². The van der Waals surface area contributed by atoms with Gasteiger partial charge in [-0.3, -0.25) is 4.79 Å². The van der Waals surface area contributed by atoms with Crippen molar-refractivity contribution in [1.29, 1.82) is 0 Å².